The van der Waals surface area contributed by atoms with Crippen LogP contribution in [-0.4, -0.2) is 48.4 Å². The minimum absolute atomic E-state index is 0.0160. The summed E-state index contributed by atoms with van der Waals surface area (Å²) in [6.07, 6.45) is 1.63. The second-order valence-electron chi connectivity index (χ2n) is 6.17. The van der Waals surface area contributed by atoms with Gasteiger partial charge >= 0.3 is 5.97 Å². The molecule has 2 saturated carbocycles. The van der Waals surface area contributed by atoms with Crippen LogP contribution in [0.1, 0.15) is 25.7 Å². The molecule has 5 nitrogen and oxygen atoms in total. The van der Waals surface area contributed by atoms with Crippen LogP contribution in [0.2, 0.25) is 6.32 Å². The molecule has 2 fully saturated rings. The molecule has 0 unspecified atom stereocenters. The summed E-state index contributed by atoms with van der Waals surface area (Å²) in [5, 5.41) is 21.2. The van der Waals surface area contributed by atoms with Gasteiger partial charge in [0.2, 0.25) is 0 Å². The van der Waals surface area contributed by atoms with Crippen molar-refractivity contribution in [3.8, 4) is 0 Å². The van der Waals surface area contributed by atoms with Crippen LogP contribution in [0.15, 0.2) is 0 Å². The highest BCUT2D eigenvalue weighted by Crippen LogP contribution is 2.54. The first kappa shape index (κ1) is 15.7. The summed E-state index contributed by atoms with van der Waals surface area (Å²) in [7, 11) is 2.81. The van der Waals surface area contributed by atoms with Crippen LogP contribution in [0.25, 0.3) is 0 Å². The summed E-state index contributed by atoms with van der Waals surface area (Å²) in [6, 6.07) is -0.199. The van der Waals surface area contributed by atoms with Gasteiger partial charge in [-0.05, 0) is 44.1 Å². The maximum atomic E-state index is 14.4. The van der Waals surface area contributed by atoms with Crippen molar-refractivity contribution in [1.29, 1.82) is 0 Å². The molecule has 0 bridgehead atoms. The zero-order valence-electron chi connectivity index (χ0n) is 11.8. The van der Waals surface area contributed by atoms with Crippen LogP contribution in [0.4, 0.5) is 4.39 Å². The normalized spacial score (nSPS) is 43.5. The van der Waals surface area contributed by atoms with Crippen LogP contribution in [0.3, 0.4) is 0 Å². The monoisotopic (exact) mass is 285 g/mol. The van der Waals surface area contributed by atoms with Crippen molar-refractivity contribution in [2.75, 3.05) is 7.05 Å². The number of hydrogen-bond acceptors (Lipinski definition) is 4. The highest BCUT2D eigenvalue weighted by Gasteiger charge is 2.61. The Morgan fingerprint density at radius 2 is 2.25 bits per heavy atom. The molecular weight excluding hydrogens is 262 g/mol. The average molecular weight is 285 g/mol. The Hall–Kier alpha value is -0.655. The summed E-state index contributed by atoms with van der Waals surface area (Å²) < 4.78 is 14.4. The first-order chi connectivity index (χ1) is 9.45. The first-order valence-corrected chi connectivity index (χ1v) is 7.25. The van der Waals surface area contributed by atoms with Gasteiger partial charge in [0.05, 0.1) is 0 Å². The summed E-state index contributed by atoms with van der Waals surface area (Å²) in [6.45, 7) is 0. The molecule has 7 heteroatoms. The number of hydrogen-bond donors (Lipinski definition) is 4. The Labute approximate surface area is 119 Å². The Kier molecular flexibility index (Phi) is 4.71. The molecule has 0 aromatic carbocycles. The van der Waals surface area contributed by atoms with E-state index in [-0.39, 0.29) is 30.2 Å². The van der Waals surface area contributed by atoms with E-state index in [9.17, 15) is 14.3 Å². The third-order valence-electron chi connectivity index (χ3n) is 5.24. The zero-order valence-corrected chi connectivity index (χ0v) is 11.8. The molecule has 6 atom stereocenters. The second-order valence-corrected chi connectivity index (χ2v) is 6.17. The van der Waals surface area contributed by atoms with Gasteiger partial charge in [0.1, 0.15) is 11.7 Å². The van der Waals surface area contributed by atoms with Crippen LogP contribution in [-0.2, 0) is 4.79 Å². The zero-order chi connectivity index (χ0) is 14.9. The maximum Gasteiger partial charge on any atom is 0.323 e. The second kappa shape index (κ2) is 5.99. The van der Waals surface area contributed by atoms with E-state index < -0.39 is 17.7 Å². The SMILES string of the molecule is CN[C@@H]1C[C@@H]2[C@@H](C[C@@](N)(C(=O)O)[C@H]2CCC[B]O)[C@@H]1F. The lowest BCUT2D eigenvalue weighted by molar-refractivity contribution is -0.145. The number of halogens is 1. The molecule has 2 aliphatic carbocycles. The van der Waals surface area contributed by atoms with E-state index in [2.05, 4.69) is 5.32 Å². The van der Waals surface area contributed by atoms with Gasteiger partial charge in [0.25, 0.3) is 7.48 Å². The van der Waals surface area contributed by atoms with Crippen molar-refractivity contribution in [3.05, 3.63) is 0 Å². The highest BCUT2D eigenvalue weighted by atomic mass is 19.1. The number of nitrogens with two attached hydrogens (primary N) is 1. The van der Waals surface area contributed by atoms with Gasteiger partial charge in [0.15, 0.2) is 0 Å². The number of carboxylic acid groups (broad SMARTS) is 1. The van der Waals surface area contributed by atoms with Gasteiger partial charge in [-0.1, -0.05) is 12.7 Å². The number of alkyl halides is 1. The Morgan fingerprint density at radius 1 is 1.55 bits per heavy atom. The van der Waals surface area contributed by atoms with Crippen molar-refractivity contribution in [2.24, 2.45) is 23.5 Å². The molecule has 2 aliphatic rings. The molecule has 0 heterocycles. The Balaban J connectivity index is 2.16. The van der Waals surface area contributed by atoms with Crippen molar-refractivity contribution >= 4 is 13.5 Å². The molecule has 1 radical (unpaired) electrons. The van der Waals surface area contributed by atoms with E-state index in [0.717, 1.165) is 7.48 Å². The van der Waals surface area contributed by atoms with E-state index >= 15 is 0 Å². The molecule has 0 spiro atoms. The first-order valence-electron chi connectivity index (χ1n) is 7.25. The van der Waals surface area contributed by atoms with Gasteiger partial charge in [0, 0.05) is 6.04 Å². The van der Waals surface area contributed by atoms with Crippen LogP contribution in [0.5, 0.6) is 0 Å². The number of nitrogens with one attached hydrogen (secondary N) is 1. The molecule has 0 aromatic rings. The molecule has 0 aromatic heterocycles. The predicted octanol–water partition coefficient (Wildman–Crippen LogP) is 0.161. The smallest absolute Gasteiger partial charge is 0.323 e. The average Bonchev–Trinajstić information content (AvgIpc) is 2.86. The Bertz CT molecular complexity index is 374. The molecule has 2 rings (SSSR count). The molecule has 20 heavy (non-hydrogen) atoms. The van der Waals surface area contributed by atoms with Crippen LogP contribution >= 0.6 is 0 Å². The van der Waals surface area contributed by atoms with E-state index in [1.807, 2.05) is 0 Å². The maximum absolute atomic E-state index is 14.4. The third kappa shape index (κ3) is 2.47. The fourth-order valence-corrected chi connectivity index (χ4v) is 4.21. The molecule has 113 valence electrons. The lowest BCUT2D eigenvalue weighted by atomic mass is 9.77. The van der Waals surface area contributed by atoms with Crippen LogP contribution in [0, 0.1) is 17.8 Å². The van der Waals surface area contributed by atoms with Gasteiger partial charge < -0.3 is 21.2 Å². The van der Waals surface area contributed by atoms with Crippen molar-refractivity contribution in [3.63, 3.8) is 0 Å². The lowest BCUT2D eigenvalue weighted by Gasteiger charge is -2.31. The fourth-order valence-electron chi connectivity index (χ4n) is 4.21. The molecule has 0 amide bonds. The number of fused-ring (bicyclic) bond motifs is 1. The topological polar surface area (TPSA) is 95.6 Å². The van der Waals surface area contributed by atoms with Crippen molar-refractivity contribution in [2.45, 2.75) is 49.8 Å². The lowest BCUT2D eigenvalue weighted by Crippen LogP contribution is -2.53. The summed E-state index contributed by atoms with van der Waals surface area (Å²) in [5.74, 6) is -1.50. The van der Waals surface area contributed by atoms with Crippen LogP contribution < -0.4 is 11.1 Å². The van der Waals surface area contributed by atoms with E-state index in [0.29, 0.717) is 25.6 Å². The van der Waals surface area contributed by atoms with Gasteiger partial charge in [-0.2, -0.15) is 0 Å². The van der Waals surface area contributed by atoms with E-state index in [1.54, 1.807) is 7.05 Å². The quantitative estimate of drug-likeness (QED) is 0.412. The number of rotatable bonds is 6. The van der Waals surface area contributed by atoms with Crippen molar-refractivity contribution in [1.82, 2.24) is 5.32 Å². The fraction of sp³-hybridized carbons (Fsp3) is 0.923. The predicted molar refractivity (Wildman–Crippen MR) is 74.0 cm³/mol. The van der Waals surface area contributed by atoms with Gasteiger partial charge in [-0.25, -0.2) is 4.39 Å². The molecule has 5 N–H and O–H groups in total. The van der Waals surface area contributed by atoms with E-state index in [4.69, 9.17) is 10.8 Å². The number of aliphatic carboxylic acids is 1. The number of carboxylic acids is 1. The summed E-state index contributed by atoms with van der Waals surface area (Å²) in [4.78, 5) is 11.5. The van der Waals surface area contributed by atoms with Crippen molar-refractivity contribution < 1.29 is 19.3 Å². The van der Waals surface area contributed by atoms with Gasteiger partial charge in [-0.15, -0.1) is 0 Å². The minimum Gasteiger partial charge on any atom is -0.480 e. The molecule has 0 saturated heterocycles. The Morgan fingerprint density at radius 3 is 2.80 bits per heavy atom. The summed E-state index contributed by atoms with van der Waals surface area (Å²) >= 11 is 0. The number of carbonyl (C=O) groups is 1. The molecule has 0 aliphatic heterocycles. The van der Waals surface area contributed by atoms with Gasteiger partial charge in [-0.3, -0.25) is 4.79 Å². The largest absolute Gasteiger partial charge is 0.480 e. The van der Waals surface area contributed by atoms with E-state index in [1.165, 1.54) is 0 Å². The third-order valence-corrected chi connectivity index (χ3v) is 5.24. The molecular formula is C13H23BFN2O3. The summed E-state index contributed by atoms with van der Waals surface area (Å²) in [5.41, 5.74) is 4.78. The highest BCUT2D eigenvalue weighted by molar-refractivity contribution is 6.25. The minimum atomic E-state index is -1.33. The standard InChI is InChI=1S/C13H23BFN2O3/c1-17-10-5-7-8(11(10)15)6-13(16,12(18)19)9(7)3-2-4-14-20/h7-11,17,20H,2-6,16H2,1H3,(H,18,19)/t7-,8-,9+,10-,11+,13+/m1/s1.